The lowest BCUT2D eigenvalue weighted by Gasteiger charge is -2.17. The molecule has 23 heavy (non-hydrogen) atoms. The van der Waals surface area contributed by atoms with Gasteiger partial charge in [0.25, 0.3) is 0 Å². The second-order valence-corrected chi connectivity index (χ2v) is 5.99. The number of hydrogen-bond acceptors (Lipinski definition) is 2. The number of nitrogens with zero attached hydrogens (tertiary/aromatic N) is 2. The second-order valence-electron chi connectivity index (χ2n) is 5.99. The fraction of sp³-hybridized carbons (Fsp3) is 0.444. The zero-order valence-electron chi connectivity index (χ0n) is 14.4. The largest absolute Gasteiger partial charge is 0.396 e. The molecule has 0 bridgehead atoms. The first-order valence-electron chi connectivity index (χ1n) is 7.66. The molecular weight excluding hydrogens is 293 g/mol. The van der Waals surface area contributed by atoms with E-state index in [1.807, 2.05) is 26.0 Å². The average molecular weight is 319 g/mol. The summed E-state index contributed by atoms with van der Waals surface area (Å²) in [4.78, 5) is 8.14. The van der Waals surface area contributed by atoms with Crippen molar-refractivity contribution in [3.8, 4) is 0 Å². The molecule has 0 aliphatic heterocycles. The lowest BCUT2D eigenvalue weighted by Crippen LogP contribution is -2.21. The van der Waals surface area contributed by atoms with Crippen LogP contribution < -0.4 is 5.32 Å². The van der Waals surface area contributed by atoms with Crippen molar-refractivity contribution in [3.05, 3.63) is 41.0 Å². The van der Waals surface area contributed by atoms with Crippen LogP contribution in [0.15, 0.2) is 39.8 Å². The average Bonchev–Trinajstić information content (AvgIpc) is 2.49. The summed E-state index contributed by atoms with van der Waals surface area (Å²) in [5, 5.41) is 12.0. The lowest BCUT2D eigenvalue weighted by molar-refractivity contribution is 0.221. The summed E-state index contributed by atoms with van der Waals surface area (Å²) in [5.74, 6) is 0.407. The molecule has 2 N–H and O–H groups in total. The summed E-state index contributed by atoms with van der Waals surface area (Å²) >= 11 is 0. The van der Waals surface area contributed by atoms with Crippen molar-refractivity contribution in [1.29, 1.82) is 0 Å². The van der Waals surface area contributed by atoms with Crippen LogP contribution in [0.4, 0.5) is 4.39 Å². The third kappa shape index (κ3) is 5.94. The molecule has 0 saturated heterocycles. The lowest BCUT2D eigenvalue weighted by atomic mass is 9.97. The fourth-order valence-electron chi connectivity index (χ4n) is 2.02. The van der Waals surface area contributed by atoms with Gasteiger partial charge in [-0.2, -0.15) is 0 Å². The Balaban J connectivity index is 3.02. The van der Waals surface area contributed by atoms with E-state index in [1.54, 1.807) is 12.1 Å². The summed E-state index contributed by atoms with van der Waals surface area (Å²) in [6, 6.07) is 7.31. The van der Waals surface area contributed by atoms with Crippen molar-refractivity contribution in [2.24, 2.45) is 9.98 Å². The van der Waals surface area contributed by atoms with Crippen molar-refractivity contribution in [2.75, 3.05) is 13.2 Å². The van der Waals surface area contributed by atoms with Gasteiger partial charge in [0.2, 0.25) is 5.96 Å². The van der Waals surface area contributed by atoms with E-state index in [0.29, 0.717) is 24.5 Å². The molecule has 5 heteroatoms. The highest BCUT2D eigenvalue weighted by Gasteiger charge is 2.18. The Labute approximate surface area is 137 Å². The quantitative estimate of drug-likeness (QED) is 0.477. The Morgan fingerprint density at radius 2 is 1.87 bits per heavy atom. The summed E-state index contributed by atoms with van der Waals surface area (Å²) in [6.07, 6.45) is 0.575. The van der Waals surface area contributed by atoms with Gasteiger partial charge in [-0.05, 0) is 52.0 Å². The second kappa shape index (κ2) is 8.58. The number of rotatable bonds is 6. The topological polar surface area (TPSA) is 57.0 Å². The van der Waals surface area contributed by atoms with Gasteiger partial charge >= 0.3 is 0 Å². The first-order valence-corrected chi connectivity index (χ1v) is 7.66. The first kappa shape index (κ1) is 19.0. The monoisotopic (exact) mass is 319 g/mol. The molecule has 4 nitrogen and oxygen atoms in total. The number of hydrogen-bond donors (Lipinski definition) is 2. The van der Waals surface area contributed by atoms with Crippen molar-refractivity contribution in [2.45, 2.75) is 39.8 Å². The number of halogens is 1. The highest BCUT2D eigenvalue weighted by atomic mass is 19.1. The molecule has 0 aliphatic rings. The van der Waals surface area contributed by atoms with Crippen molar-refractivity contribution < 1.29 is 9.50 Å². The Kier molecular flexibility index (Phi) is 7.10. The number of aliphatic hydroxyl groups is 1. The third-order valence-electron chi connectivity index (χ3n) is 3.32. The first-order chi connectivity index (χ1) is 10.8. The molecule has 0 fully saturated rings. The molecule has 0 amide bonds. The Morgan fingerprint density at radius 3 is 2.30 bits per heavy atom. The Morgan fingerprint density at radius 1 is 1.26 bits per heavy atom. The highest BCUT2D eigenvalue weighted by molar-refractivity contribution is 5.92. The number of aliphatic imine (C=N–C) groups is 2. The van der Waals surface area contributed by atoms with Gasteiger partial charge in [0.1, 0.15) is 5.67 Å². The van der Waals surface area contributed by atoms with E-state index in [0.717, 1.165) is 16.8 Å². The van der Waals surface area contributed by atoms with Gasteiger partial charge < -0.3 is 10.4 Å². The molecule has 1 rings (SSSR count). The zero-order valence-corrected chi connectivity index (χ0v) is 14.4. The third-order valence-corrected chi connectivity index (χ3v) is 3.32. The molecule has 0 radical (unpaired) electrons. The molecule has 0 unspecified atom stereocenters. The number of benzene rings is 1. The summed E-state index contributed by atoms with van der Waals surface area (Å²) in [5.41, 5.74) is 2.11. The van der Waals surface area contributed by atoms with Crippen LogP contribution in [0.5, 0.6) is 0 Å². The maximum absolute atomic E-state index is 14.0. The molecule has 126 valence electrons. The Bertz CT molecular complexity index is 579. The zero-order chi connectivity index (χ0) is 17.5. The molecule has 0 atom stereocenters. The Hall–Kier alpha value is -2.01. The van der Waals surface area contributed by atoms with Gasteiger partial charge in [0, 0.05) is 18.8 Å². The van der Waals surface area contributed by atoms with Crippen molar-refractivity contribution in [1.82, 2.24) is 5.32 Å². The van der Waals surface area contributed by atoms with Crippen LogP contribution >= 0.6 is 0 Å². The van der Waals surface area contributed by atoms with Crippen LogP contribution in [-0.2, 0) is 5.67 Å². The van der Waals surface area contributed by atoms with Crippen molar-refractivity contribution in [3.63, 3.8) is 0 Å². The number of aliphatic hydroxyl groups excluding tert-OH is 1. The van der Waals surface area contributed by atoms with Crippen LogP contribution in [0.25, 0.3) is 5.70 Å². The van der Waals surface area contributed by atoms with E-state index in [9.17, 15) is 4.39 Å². The standard InChI is InChI=1S/C18H26FN3O/c1-13(2)16(22-17(20-5)21-11-6-12-23)14-7-9-15(10-8-14)18(3,4)19/h7-10,23H,5-6,11-12H2,1-4H3,(H,21,22). The van der Waals surface area contributed by atoms with E-state index >= 15 is 0 Å². The molecule has 1 aromatic rings. The van der Waals surface area contributed by atoms with E-state index in [-0.39, 0.29) is 6.61 Å². The smallest absolute Gasteiger partial charge is 0.221 e. The van der Waals surface area contributed by atoms with E-state index in [4.69, 9.17) is 5.11 Å². The maximum atomic E-state index is 14.0. The molecule has 0 aliphatic carbocycles. The van der Waals surface area contributed by atoms with Crippen LogP contribution in [0.3, 0.4) is 0 Å². The van der Waals surface area contributed by atoms with Crippen molar-refractivity contribution >= 4 is 18.4 Å². The predicted octanol–water partition coefficient (Wildman–Crippen LogP) is 3.67. The van der Waals surface area contributed by atoms with Gasteiger partial charge in [-0.3, -0.25) is 4.99 Å². The SMILES string of the molecule is C=NC(=NCCCO)NC(=C(C)C)c1ccc(C(C)(C)F)cc1. The minimum atomic E-state index is -1.36. The number of nitrogens with one attached hydrogen (secondary N) is 1. The molecule has 0 saturated carbocycles. The van der Waals surface area contributed by atoms with Crippen LogP contribution in [0.2, 0.25) is 0 Å². The van der Waals surface area contributed by atoms with E-state index in [1.165, 1.54) is 13.8 Å². The van der Waals surface area contributed by atoms with E-state index in [2.05, 4.69) is 22.0 Å². The number of guanidine groups is 1. The minimum Gasteiger partial charge on any atom is -0.396 e. The van der Waals surface area contributed by atoms with Crippen LogP contribution in [0, 0.1) is 0 Å². The molecule has 0 heterocycles. The molecule has 0 spiro atoms. The van der Waals surface area contributed by atoms with Gasteiger partial charge in [0.05, 0.1) is 0 Å². The summed E-state index contributed by atoms with van der Waals surface area (Å²) in [6.45, 7) is 11.1. The van der Waals surface area contributed by atoms with Gasteiger partial charge in [-0.25, -0.2) is 9.38 Å². The molecule has 1 aromatic carbocycles. The van der Waals surface area contributed by atoms with Gasteiger partial charge in [-0.15, -0.1) is 0 Å². The van der Waals surface area contributed by atoms with E-state index < -0.39 is 5.67 Å². The fourth-order valence-corrected chi connectivity index (χ4v) is 2.02. The highest BCUT2D eigenvalue weighted by Crippen LogP contribution is 2.26. The van der Waals surface area contributed by atoms with Gasteiger partial charge in [-0.1, -0.05) is 29.8 Å². The normalized spacial score (nSPS) is 12.0. The van der Waals surface area contributed by atoms with Gasteiger partial charge in [0.15, 0.2) is 0 Å². The number of allylic oxidation sites excluding steroid dienone is 1. The van der Waals surface area contributed by atoms with Crippen LogP contribution in [0.1, 0.15) is 45.2 Å². The summed E-state index contributed by atoms with van der Waals surface area (Å²) in [7, 11) is 0. The molecule has 0 aromatic heterocycles. The predicted molar refractivity (Wildman–Crippen MR) is 95.5 cm³/mol. The van der Waals surface area contributed by atoms with Crippen LogP contribution in [-0.4, -0.2) is 30.9 Å². The minimum absolute atomic E-state index is 0.0872. The maximum Gasteiger partial charge on any atom is 0.221 e. The number of alkyl halides is 1. The summed E-state index contributed by atoms with van der Waals surface area (Å²) < 4.78 is 14.0. The molecular formula is C18H26FN3O.